The van der Waals surface area contributed by atoms with Gasteiger partial charge in [0.25, 0.3) is 0 Å². The van der Waals surface area contributed by atoms with Crippen molar-refractivity contribution in [2.24, 2.45) is 23.7 Å². The van der Waals surface area contributed by atoms with Crippen LogP contribution >= 0.6 is 0 Å². The third-order valence-corrected chi connectivity index (χ3v) is 9.83. The van der Waals surface area contributed by atoms with Crippen molar-refractivity contribution in [3.05, 3.63) is 125 Å². The van der Waals surface area contributed by atoms with Crippen LogP contribution in [0.5, 0.6) is 0 Å². The Morgan fingerprint density at radius 3 is 2.73 bits per heavy atom. The summed E-state index contributed by atoms with van der Waals surface area (Å²) in [5.74, 6) is 9.65. The average molecular weight is 595 g/mol. The van der Waals surface area contributed by atoms with E-state index in [0.29, 0.717) is 5.92 Å². The monoisotopic (exact) mass is 594 g/mol. The highest BCUT2D eigenvalue weighted by Gasteiger charge is 2.31. The molecule has 0 spiro atoms. The van der Waals surface area contributed by atoms with Gasteiger partial charge >= 0.3 is 0 Å². The fourth-order valence-corrected chi connectivity index (χ4v) is 7.25. The molecule has 0 aliphatic heterocycles. The van der Waals surface area contributed by atoms with Gasteiger partial charge in [0.05, 0.1) is 5.52 Å². The molecule has 0 bridgehead atoms. The van der Waals surface area contributed by atoms with Gasteiger partial charge in [-0.1, -0.05) is 112 Å². The van der Waals surface area contributed by atoms with Gasteiger partial charge < -0.3 is 0 Å². The molecule has 1 aromatic carbocycles. The summed E-state index contributed by atoms with van der Waals surface area (Å²) in [5.41, 5.74) is 11.7. The largest absolute Gasteiger partial charge is 0.256 e. The zero-order valence-corrected chi connectivity index (χ0v) is 28.2. The fourth-order valence-electron chi connectivity index (χ4n) is 7.25. The molecule has 3 aliphatic carbocycles. The van der Waals surface area contributed by atoms with E-state index in [0.717, 1.165) is 48.1 Å². The summed E-state index contributed by atoms with van der Waals surface area (Å²) >= 11 is 0. The molecule has 233 valence electrons. The molecule has 0 saturated heterocycles. The molecule has 1 heteroatoms. The van der Waals surface area contributed by atoms with Crippen LogP contribution in [0.2, 0.25) is 0 Å². The van der Waals surface area contributed by atoms with Gasteiger partial charge in [-0.05, 0) is 122 Å². The number of allylic oxidation sites excluding steroid dienone is 12. The van der Waals surface area contributed by atoms with Gasteiger partial charge in [0, 0.05) is 23.9 Å². The molecular weight excluding hydrogens is 542 g/mol. The highest BCUT2D eigenvalue weighted by atomic mass is 14.6. The number of fused-ring (bicyclic) bond motifs is 1. The first-order chi connectivity index (χ1) is 21.8. The number of hydrogen-bond acceptors (Lipinski definition) is 1. The number of benzene rings is 1. The first-order valence-electron chi connectivity index (χ1n) is 17.3. The molecule has 0 fully saturated rings. The second-order valence-corrected chi connectivity index (χ2v) is 14.0. The van der Waals surface area contributed by atoms with Crippen LogP contribution in [-0.4, -0.2) is 4.98 Å². The predicted octanol–water partition coefficient (Wildman–Crippen LogP) is 11.9. The Labute approximate surface area is 273 Å². The summed E-state index contributed by atoms with van der Waals surface area (Å²) in [6.45, 7) is 17.3. The van der Waals surface area contributed by atoms with Crippen LogP contribution in [-0.2, 0) is 6.42 Å². The van der Waals surface area contributed by atoms with E-state index in [4.69, 9.17) is 4.98 Å². The molecule has 0 N–H and O–H groups in total. The van der Waals surface area contributed by atoms with Crippen LogP contribution in [0.15, 0.2) is 108 Å². The number of rotatable bonds is 12. The molecule has 1 aromatic heterocycles. The van der Waals surface area contributed by atoms with E-state index >= 15 is 0 Å². The van der Waals surface area contributed by atoms with Crippen molar-refractivity contribution in [3.63, 3.8) is 0 Å². The Morgan fingerprint density at radius 1 is 1.07 bits per heavy atom. The van der Waals surface area contributed by atoms with Crippen LogP contribution in [0.3, 0.4) is 0 Å². The van der Waals surface area contributed by atoms with Gasteiger partial charge in [-0.3, -0.25) is 4.98 Å². The Morgan fingerprint density at radius 2 is 1.91 bits per heavy atom. The maximum Gasteiger partial charge on any atom is 0.0708 e. The minimum absolute atomic E-state index is 0.315. The molecule has 3 aliphatic rings. The number of hydrogen-bond donors (Lipinski definition) is 0. The maximum atomic E-state index is 4.76. The summed E-state index contributed by atoms with van der Waals surface area (Å²) in [7, 11) is 0. The lowest BCUT2D eigenvalue weighted by molar-refractivity contribution is 0.262. The molecule has 1 nitrogen and oxygen atoms in total. The second-order valence-electron chi connectivity index (χ2n) is 14.0. The SMILES string of the molecule is C=CCC(=C\C=C/C(=C)C)/C1=C\CC(C)C#C/C=C\1c1ccnc2ccc(CCCCCC3CC(C)CC4=C([CH]4)CC3C)cc12. The minimum atomic E-state index is 0.315. The molecule has 2 aromatic rings. The van der Waals surface area contributed by atoms with Crippen LogP contribution in [0.4, 0.5) is 0 Å². The van der Waals surface area contributed by atoms with Crippen molar-refractivity contribution in [1.29, 1.82) is 0 Å². The van der Waals surface area contributed by atoms with Gasteiger partial charge in [0.15, 0.2) is 0 Å². The lowest BCUT2D eigenvalue weighted by Crippen LogP contribution is -2.16. The quantitative estimate of drug-likeness (QED) is 0.103. The molecule has 0 amide bonds. The Hall–Kier alpha value is -3.63. The van der Waals surface area contributed by atoms with E-state index < -0.39 is 0 Å². The molecule has 4 atom stereocenters. The summed E-state index contributed by atoms with van der Waals surface area (Å²) in [6, 6.07) is 9.05. The van der Waals surface area contributed by atoms with E-state index in [9.17, 15) is 0 Å². The van der Waals surface area contributed by atoms with Gasteiger partial charge in [0.2, 0.25) is 0 Å². The Balaban J connectivity index is 1.33. The van der Waals surface area contributed by atoms with Crippen molar-refractivity contribution in [1.82, 2.24) is 4.98 Å². The highest BCUT2D eigenvalue weighted by molar-refractivity contribution is 5.98. The third-order valence-electron chi connectivity index (χ3n) is 9.83. The topological polar surface area (TPSA) is 12.9 Å². The van der Waals surface area contributed by atoms with E-state index in [1.807, 2.05) is 19.2 Å². The van der Waals surface area contributed by atoms with Crippen molar-refractivity contribution in [2.45, 2.75) is 91.9 Å². The summed E-state index contributed by atoms with van der Waals surface area (Å²) < 4.78 is 0. The second kappa shape index (κ2) is 15.6. The number of aryl methyl sites for hydroxylation is 1. The lowest BCUT2D eigenvalue weighted by Gasteiger charge is -2.27. The molecule has 1 heterocycles. The maximum absolute atomic E-state index is 4.76. The van der Waals surface area contributed by atoms with Crippen LogP contribution in [0.1, 0.15) is 96.6 Å². The minimum Gasteiger partial charge on any atom is -0.256 e. The van der Waals surface area contributed by atoms with E-state index in [1.165, 1.54) is 78.2 Å². The van der Waals surface area contributed by atoms with E-state index in [-0.39, 0.29) is 0 Å². The molecule has 0 saturated carbocycles. The van der Waals surface area contributed by atoms with Crippen LogP contribution in [0, 0.1) is 41.9 Å². The van der Waals surface area contributed by atoms with Gasteiger partial charge in [-0.2, -0.15) is 0 Å². The summed E-state index contributed by atoms with van der Waals surface area (Å²) in [4.78, 5) is 4.76. The molecule has 1 radical (unpaired) electrons. The molecular formula is C44H52N. The van der Waals surface area contributed by atoms with Gasteiger partial charge in [0.1, 0.15) is 0 Å². The van der Waals surface area contributed by atoms with E-state index in [2.05, 4.69) is 107 Å². The zero-order valence-electron chi connectivity index (χ0n) is 28.2. The summed E-state index contributed by atoms with van der Waals surface area (Å²) in [5, 5.41) is 1.21. The van der Waals surface area contributed by atoms with Gasteiger partial charge in [-0.15, -0.1) is 6.58 Å². The predicted molar refractivity (Wildman–Crippen MR) is 195 cm³/mol. The molecule has 5 rings (SSSR count). The molecule has 4 unspecified atom stereocenters. The zero-order chi connectivity index (χ0) is 31.8. The van der Waals surface area contributed by atoms with Gasteiger partial charge in [-0.25, -0.2) is 0 Å². The van der Waals surface area contributed by atoms with Crippen molar-refractivity contribution in [3.8, 4) is 11.8 Å². The van der Waals surface area contributed by atoms with Crippen molar-refractivity contribution >= 4 is 16.5 Å². The number of pyridine rings is 1. The lowest BCUT2D eigenvalue weighted by atomic mass is 9.78. The average Bonchev–Trinajstić information content (AvgIpc) is 3.72. The number of nitrogens with zero attached hydrogens (tertiary/aromatic N) is 1. The van der Waals surface area contributed by atoms with Crippen LogP contribution in [0.25, 0.3) is 16.5 Å². The van der Waals surface area contributed by atoms with Crippen LogP contribution < -0.4 is 0 Å². The normalized spacial score (nSPS) is 25.9. The standard InChI is InChI=1S/C44H52N/c1-7-13-36(18-11-14-31(2)3)40-22-20-32(4)15-12-19-41(40)42-24-25-45-44-23-21-35(29-43(42)44)16-9-8-10-17-37-26-33(5)27-38-30-39(38)28-34(37)6/h7,11,14,18-19,21-25,29-30,32-34,37H,1-2,8-10,13,16-17,20,26-28H2,3-6H3/b14-11-,36-18+,40-22+,41-19+. The van der Waals surface area contributed by atoms with E-state index in [1.54, 1.807) is 11.1 Å². The smallest absolute Gasteiger partial charge is 0.0708 e. The first-order valence-corrected chi connectivity index (χ1v) is 17.3. The van der Waals surface area contributed by atoms with Crippen molar-refractivity contribution in [2.75, 3.05) is 0 Å². The summed E-state index contributed by atoms with van der Waals surface area (Å²) in [6.07, 6.45) is 29.4. The Kier molecular flexibility index (Phi) is 11.3. The third kappa shape index (κ3) is 8.98. The number of unbranched alkanes of at least 4 members (excludes halogenated alkanes) is 2. The number of aromatic nitrogens is 1. The first kappa shape index (κ1) is 32.8. The fraction of sp³-hybridized carbons (Fsp3) is 0.409. The highest BCUT2D eigenvalue weighted by Crippen LogP contribution is 2.46. The van der Waals surface area contributed by atoms with Crippen molar-refractivity contribution < 1.29 is 0 Å². The Bertz CT molecular complexity index is 1620. The molecule has 45 heavy (non-hydrogen) atoms.